The van der Waals surface area contributed by atoms with Crippen LogP contribution in [0.5, 0.6) is 0 Å². The zero-order valence-corrected chi connectivity index (χ0v) is 18.6. The maximum Gasteiger partial charge on any atom is 0.408 e. The molecule has 172 valence electrons. The highest BCUT2D eigenvalue weighted by Crippen LogP contribution is 2.20. The number of carbonyl (C=O) groups excluding carboxylic acids is 3. The first-order valence-corrected chi connectivity index (χ1v) is 10.2. The zero-order chi connectivity index (χ0) is 23.2. The standard InChI is InChI=1S/C20H35N3O7/c1-11(2)14(22-19(29)30-20(4,5)6)17(26)23-9-7-13(8-10-23)16(25)21-15(12(3)24)18(27)28/h11-15,24H,7-10H2,1-6H3,(H,21,25)(H,22,29)(H,27,28)/t12-,14+,15+/m1/s1. The Morgan fingerprint density at radius 2 is 1.53 bits per heavy atom. The Balaban J connectivity index is 2.67. The zero-order valence-electron chi connectivity index (χ0n) is 18.6. The van der Waals surface area contributed by atoms with Gasteiger partial charge in [0.25, 0.3) is 0 Å². The smallest absolute Gasteiger partial charge is 0.408 e. The van der Waals surface area contributed by atoms with Gasteiger partial charge in [-0.1, -0.05) is 13.8 Å². The van der Waals surface area contributed by atoms with Crippen LogP contribution >= 0.6 is 0 Å². The van der Waals surface area contributed by atoms with Crippen LogP contribution in [0.4, 0.5) is 4.79 Å². The number of nitrogens with zero attached hydrogens (tertiary/aromatic N) is 1. The van der Waals surface area contributed by atoms with E-state index >= 15 is 0 Å². The second-order valence-corrected chi connectivity index (χ2v) is 9.03. The number of ether oxygens (including phenoxy) is 1. The second-order valence-electron chi connectivity index (χ2n) is 9.03. The van der Waals surface area contributed by atoms with E-state index in [-0.39, 0.29) is 11.8 Å². The molecule has 0 unspecified atom stereocenters. The molecule has 0 spiro atoms. The summed E-state index contributed by atoms with van der Waals surface area (Å²) in [5, 5.41) is 23.6. The highest BCUT2D eigenvalue weighted by Gasteiger charge is 2.35. The molecule has 0 aromatic rings. The maximum atomic E-state index is 12.9. The first-order chi connectivity index (χ1) is 13.7. The summed E-state index contributed by atoms with van der Waals surface area (Å²) in [4.78, 5) is 50.1. The van der Waals surface area contributed by atoms with Gasteiger partial charge in [0.15, 0.2) is 6.04 Å². The van der Waals surface area contributed by atoms with E-state index in [1.165, 1.54) is 6.92 Å². The number of carboxylic acids is 1. The van der Waals surface area contributed by atoms with Crippen molar-refractivity contribution in [2.75, 3.05) is 13.1 Å². The predicted octanol–water partition coefficient (Wildman–Crippen LogP) is 0.725. The van der Waals surface area contributed by atoms with E-state index in [2.05, 4.69) is 10.6 Å². The summed E-state index contributed by atoms with van der Waals surface area (Å²) in [5.74, 6) is -2.62. The lowest BCUT2D eigenvalue weighted by atomic mass is 9.93. The number of rotatable bonds is 7. The summed E-state index contributed by atoms with van der Waals surface area (Å²) in [6.07, 6.45) is -1.16. The molecule has 1 aliphatic rings. The number of hydrogen-bond donors (Lipinski definition) is 4. The molecule has 3 amide bonds. The first-order valence-electron chi connectivity index (χ1n) is 10.2. The molecule has 1 saturated heterocycles. The Morgan fingerprint density at radius 1 is 1.00 bits per heavy atom. The minimum Gasteiger partial charge on any atom is -0.480 e. The van der Waals surface area contributed by atoms with Crippen molar-refractivity contribution in [2.24, 2.45) is 11.8 Å². The summed E-state index contributed by atoms with van der Waals surface area (Å²) in [7, 11) is 0. The number of piperidine rings is 1. The number of aliphatic hydroxyl groups is 1. The lowest BCUT2D eigenvalue weighted by Crippen LogP contribution is -2.55. The SMILES string of the molecule is CC(C)[C@H](NC(=O)OC(C)(C)C)C(=O)N1CCC(C(=O)N[C@H](C(=O)O)[C@@H](C)O)CC1. The highest BCUT2D eigenvalue weighted by atomic mass is 16.6. The van der Waals surface area contributed by atoms with Gasteiger partial charge in [0.05, 0.1) is 6.10 Å². The Kier molecular flexibility index (Phi) is 9.08. The Hall–Kier alpha value is -2.36. The molecule has 1 fully saturated rings. The van der Waals surface area contributed by atoms with E-state index in [1.54, 1.807) is 25.7 Å². The van der Waals surface area contributed by atoms with E-state index in [0.29, 0.717) is 25.9 Å². The molecule has 10 nitrogen and oxygen atoms in total. The fourth-order valence-corrected chi connectivity index (χ4v) is 3.17. The molecule has 1 aliphatic heterocycles. The van der Waals surface area contributed by atoms with Crippen LogP contribution in [-0.2, 0) is 19.1 Å². The van der Waals surface area contributed by atoms with Crippen molar-refractivity contribution in [3.05, 3.63) is 0 Å². The van der Waals surface area contributed by atoms with E-state index in [4.69, 9.17) is 9.84 Å². The molecule has 30 heavy (non-hydrogen) atoms. The molecule has 0 aliphatic carbocycles. The topological polar surface area (TPSA) is 145 Å². The largest absolute Gasteiger partial charge is 0.480 e. The van der Waals surface area contributed by atoms with E-state index < -0.39 is 47.7 Å². The number of likely N-dealkylation sites (tertiary alicyclic amines) is 1. The summed E-state index contributed by atoms with van der Waals surface area (Å²) < 4.78 is 5.24. The molecule has 10 heteroatoms. The third-order valence-electron chi connectivity index (χ3n) is 4.83. The lowest BCUT2D eigenvalue weighted by Gasteiger charge is -2.35. The van der Waals surface area contributed by atoms with Gasteiger partial charge in [-0.3, -0.25) is 9.59 Å². The van der Waals surface area contributed by atoms with Crippen LogP contribution in [0, 0.1) is 11.8 Å². The number of amides is 3. The molecule has 0 bridgehead atoms. The van der Waals surface area contributed by atoms with Gasteiger partial charge >= 0.3 is 12.1 Å². The van der Waals surface area contributed by atoms with Gasteiger partial charge < -0.3 is 30.5 Å². The molecule has 3 atom stereocenters. The van der Waals surface area contributed by atoms with E-state index in [1.807, 2.05) is 13.8 Å². The van der Waals surface area contributed by atoms with Gasteiger partial charge in [-0.2, -0.15) is 0 Å². The minimum absolute atomic E-state index is 0.159. The van der Waals surface area contributed by atoms with Crippen LogP contribution in [-0.4, -0.2) is 75.9 Å². The molecule has 1 rings (SSSR count). The molecular weight excluding hydrogens is 394 g/mol. The van der Waals surface area contributed by atoms with Gasteiger partial charge in [-0.25, -0.2) is 9.59 Å². The lowest BCUT2D eigenvalue weighted by molar-refractivity contribution is -0.146. The summed E-state index contributed by atoms with van der Waals surface area (Å²) in [5.41, 5.74) is -0.680. The van der Waals surface area contributed by atoms with Crippen LogP contribution in [0.3, 0.4) is 0 Å². The van der Waals surface area contributed by atoms with Crippen molar-refractivity contribution in [1.82, 2.24) is 15.5 Å². The van der Waals surface area contributed by atoms with Crippen molar-refractivity contribution in [1.29, 1.82) is 0 Å². The Bertz CT molecular complexity index is 635. The van der Waals surface area contributed by atoms with Gasteiger partial charge in [0.1, 0.15) is 11.6 Å². The number of carboxylic acid groups (broad SMARTS) is 1. The Labute approximate surface area is 177 Å². The Morgan fingerprint density at radius 3 is 1.93 bits per heavy atom. The van der Waals surface area contributed by atoms with Crippen molar-refractivity contribution < 1.29 is 34.1 Å². The normalized spacial score (nSPS) is 18.3. The molecule has 0 radical (unpaired) electrons. The average molecular weight is 430 g/mol. The van der Waals surface area contributed by atoms with Crippen LogP contribution in [0.1, 0.15) is 54.4 Å². The maximum absolute atomic E-state index is 12.9. The molecule has 0 aromatic carbocycles. The number of alkyl carbamates (subject to hydrolysis) is 1. The van der Waals surface area contributed by atoms with Gasteiger partial charge in [-0.05, 0) is 46.5 Å². The molecule has 1 heterocycles. The number of aliphatic carboxylic acids is 1. The van der Waals surface area contributed by atoms with Crippen molar-refractivity contribution in [3.63, 3.8) is 0 Å². The second kappa shape index (κ2) is 10.6. The minimum atomic E-state index is -1.37. The molecule has 0 saturated carbocycles. The molecule has 0 aromatic heterocycles. The van der Waals surface area contributed by atoms with Gasteiger partial charge in [-0.15, -0.1) is 0 Å². The number of carbonyl (C=O) groups is 4. The first kappa shape index (κ1) is 25.7. The quantitative estimate of drug-likeness (QED) is 0.467. The monoisotopic (exact) mass is 429 g/mol. The van der Waals surface area contributed by atoms with Crippen LogP contribution < -0.4 is 10.6 Å². The fourth-order valence-electron chi connectivity index (χ4n) is 3.17. The number of hydrogen-bond acceptors (Lipinski definition) is 6. The predicted molar refractivity (Wildman–Crippen MR) is 109 cm³/mol. The average Bonchev–Trinajstić information content (AvgIpc) is 2.61. The van der Waals surface area contributed by atoms with Crippen molar-refractivity contribution in [3.8, 4) is 0 Å². The molecular formula is C20H35N3O7. The summed E-state index contributed by atoms with van der Waals surface area (Å²) in [6.45, 7) is 10.8. The fraction of sp³-hybridized carbons (Fsp3) is 0.800. The summed E-state index contributed by atoms with van der Waals surface area (Å²) in [6, 6.07) is -2.13. The summed E-state index contributed by atoms with van der Waals surface area (Å²) >= 11 is 0. The third-order valence-corrected chi connectivity index (χ3v) is 4.83. The van der Waals surface area contributed by atoms with Crippen molar-refractivity contribution in [2.45, 2.75) is 78.2 Å². The van der Waals surface area contributed by atoms with Crippen LogP contribution in [0.15, 0.2) is 0 Å². The number of aliphatic hydroxyl groups excluding tert-OH is 1. The van der Waals surface area contributed by atoms with Crippen LogP contribution in [0.25, 0.3) is 0 Å². The number of nitrogens with one attached hydrogen (secondary N) is 2. The molecule has 4 N–H and O–H groups in total. The third kappa shape index (κ3) is 7.81. The van der Waals surface area contributed by atoms with E-state index in [0.717, 1.165) is 0 Å². The van der Waals surface area contributed by atoms with Crippen LogP contribution in [0.2, 0.25) is 0 Å². The highest BCUT2D eigenvalue weighted by molar-refractivity contribution is 5.87. The van der Waals surface area contributed by atoms with E-state index in [9.17, 15) is 24.3 Å². The van der Waals surface area contributed by atoms with Gasteiger partial charge in [0.2, 0.25) is 11.8 Å². The van der Waals surface area contributed by atoms with Crippen molar-refractivity contribution >= 4 is 23.9 Å². The van der Waals surface area contributed by atoms with Gasteiger partial charge in [0, 0.05) is 19.0 Å².